The number of nitrogens with one attached hydrogen (secondary N) is 3. The van der Waals surface area contributed by atoms with Gasteiger partial charge < -0.3 is 15.6 Å². The van der Waals surface area contributed by atoms with Gasteiger partial charge in [-0.25, -0.2) is 4.79 Å². The van der Waals surface area contributed by atoms with E-state index in [-0.39, 0.29) is 41.8 Å². The van der Waals surface area contributed by atoms with Gasteiger partial charge >= 0.3 is 6.03 Å². The highest BCUT2D eigenvalue weighted by molar-refractivity contribution is 6.07. The highest BCUT2D eigenvalue weighted by atomic mass is 16.2. The Morgan fingerprint density at radius 3 is 2.55 bits per heavy atom. The molecule has 0 bridgehead atoms. The summed E-state index contributed by atoms with van der Waals surface area (Å²) >= 11 is 0. The second kappa shape index (κ2) is 7.62. The van der Waals surface area contributed by atoms with Crippen molar-refractivity contribution in [2.45, 2.75) is 64.3 Å². The van der Waals surface area contributed by atoms with Crippen molar-refractivity contribution in [3.8, 4) is 0 Å². The standard InChI is InChI=1S/C22H28N4O5/c1-21(2)11-15-13(16(27)12-21)10-14(18(29)24-15)17(28)23-8-5-9-26-19(30)22(25-20(26)31)6-3-4-7-22/h10H,3-9,11-12H2,1-2H3,(H,23,28)(H,24,29)(H,25,31). The Balaban J connectivity index is 1.35. The molecule has 9 heteroatoms. The SMILES string of the molecule is CC1(C)CC(=O)c2cc(C(=O)NCCCN3C(=O)NC4(CCCC4)C3=O)c(=O)[nH]c2C1. The molecule has 1 saturated heterocycles. The molecule has 1 aromatic heterocycles. The smallest absolute Gasteiger partial charge is 0.325 e. The first-order valence-electron chi connectivity index (χ1n) is 10.8. The van der Waals surface area contributed by atoms with E-state index in [1.54, 1.807) is 0 Å². The van der Waals surface area contributed by atoms with Gasteiger partial charge in [-0.1, -0.05) is 26.7 Å². The summed E-state index contributed by atoms with van der Waals surface area (Å²) in [5.74, 6) is -0.851. The van der Waals surface area contributed by atoms with E-state index < -0.39 is 17.0 Å². The monoisotopic (exact) mass is 428 g/mol. The lowest BCUT2D eigenvalue weighted by atomic mass is 9.75. The minimum absolute atomic E-state index is 0.0871. The fraction of sp³-hybridized carbons (Fsp3) is 0.591. The molecule has 2 heterocycles. The molecule has 0 atom stereocenters. The third-order valence-electron chi connectivity index (χ3n) is 6.51. The van der Waals surface area contributed by atoms with E-state index in [4.69, 9.17) is 0 Å². The lowest BCUT2D eigenvalue weighted by Gasteiger charge is -2.29. The Bertz CT molecular complexity index is 1020. The largest absolute Gasteiger partial charge is 0.352 e. The fourth-order valence-corrected chi connectivity index (χ4v) is 4.93. The van der Waals surface area contributed by atoms with Crippen LogP contribution in [0.2, 0.25) is 0 Å². The Morgan fingerprint density at radius 2 is 1.84 bits per heavy atom. The minimum atomic E-state index is -0.738. The van der Waals surface area contributed by atoms with Gasteiger partial charge in [-0.3, -0.25) is 24.1 Å². The van der Waals surface area contributed by atoms with Crippen LogP contribution in [0, 0.1) is 5.41 Å². The number of ketones is 1. The van der Waals surface area contributed by atoms with Crippen LogP contribution >= 0.6 is 0 Å². The summed E-state index contributed by atoms with van der Waals surface area (Å²) in [6, 6.07) is 0.994. The molecule has 1 spiro atoms. The van der Waals surface area contributed by atoms with Crippen LogP contribution in [0.4, 0.5) is 4.79 Å². The molecule has 4 rings (SSSR count). The maximum atomic E-state index is 12.6. The third kappa shape index (κ3) is 3.88. The molecule has 1 saturated carbocycles. The van der Waals surface area contributed by atoms with Crippen molar-refractivity contribution in [2.75, 3.05) is 13.1 Å². The summed E-state index contributed by atoms with van der Waals surface area (Å²) in [5, 5.41) is 5.48. The van der Waals surface area contributed by atoms with Crippen LogP contribution in [0.15, 0.2) is 10.9 Å². The number of imide groups is 1. The van der Waals surface area contributed by atoms with Gasteiger partial charge in [0.1, 0.15) is 11.1 Å². The number of rotatable bonds is 5. The Morgan fingerprint density at radius 1 is 1.13 bits per heavy atom. The van der Waals surface area contributed by atoms with Crippen LogP contribution in [0.5, 0.6) is 0 Å². The Kier molecular flexibility index (Phi) is 5.23. The van der Waals surface area contributed by atoms with E-state index in [1.807, 2.05) is 13.8 Å². The Labute approximate surface area is 180 Å². The second-order valence-electron chi connectivity index (χ2n) is 9.63. The molecule has 9 nitrogen and oxygen atoms in total. The number of hydrogen-bond acceptors (Lipinski definition) is 5. The van der Waals surface area contributed by atoms with Crippen molar-refractivity contribution in [3.05, 3.63) is 33.2 Å². The van der Waals surface area contributed by atoms with Gasteiger partial charge in [0.2, 0.25) is 0 Å². The molecular weight excluding hydrogens is 400 g/mol. The lowest BCUT2D eigenvalue weighted by molar-refractivity contribution is -0.131. The molecule has 31 heavy (non-hydrogen) atoms. The van der Waals surface area contributed by atoms with Gasteiger partial charge in [0.05, 0.1) is 0 Å². The first-order chi connectivity index (χ1) is 14.6. The number of aromatic nitrogens is 1. The molecule has 4 amide bonds. The normalized spacial score (nSPS) is 21.4. The molecule has 3 N–H and O–H groups in total. The van der Waals surface area contributed by atoms with E-state index in [9.17, 15) is 24.0 Å². The molecule has 0 radical (unpaired) electrons. The number of H-pyrrole nitrogens is 1. The van der Waals surface area contributed by atoms with Crippen molar-refractivity contribution in [3.63, 3.8) is 0 Å². The summed E-state index contributed by atoms with van der Waals surface area (Å²) in [5.41, 5.74) is -0.636. The maximum Gasteiger partial charge on any atom is 0.325 e. The van der Waals surface area contributed by atoms with Crippen molar-refractivity contribution >= 4 is 23.6 Å². The summed E-state index contributed by atoms with van der Waals surface area (Å²) in [6.07, 6.45) is 4.48. The molecule has 2 aliphatic carbocycles. The zero-order chi connectivity index (χ0) is 22.4. The van der Waals surface area contributed by atoms with Crippen LogP contribution in [0.3, 0.4) is 0 Å². The van der Waals surface area contributed by atoms with Gasteiger partial charge in [-0.2, -0.15) is 0 Å². The first-order valence-corrected chi connectivity index (χ1v) is 10.8. The van der Waals surface area contributed by atoms with Crippen molar-refractivity contribution in [1.82, 2.24) is 20.5 Å². The number of Topliss-reactive ketones (excluding diaryl/α,β-unsaturated/α-hetero) is 1. The number of aromatic amines is 1. The number of carbonyl (C=O) groups excluding carboxylic acids is 4. The Hall–Kier alpha value is -2.97. The highest BCUT2D eigenvalue weighted by Gasteiger charge is 2.52. The number of carbonyl (C=O) groups is 4. The average molecular weight is 428 g/mol. The first kappa shape index (κ1) is 21.3. The second-order valence-corrected chi connectivity index (χ2v) is 9.63. The van der Waals surface area contributed by atoms with E-state index in [2.05, 4.69) is 15.6 Å². The van der Waals surface area contributed by atoms with Gasteiger partial charge in [0.15, 0.2) is 5.78 Å². The molecule has 3 aliphatic rings. The molecule has 166 valence electrons. The van der Waals surface area contributed by atoms with E-state index in [1.165, 1.54) is 11.0 Å². The average Bonchev–Trinajstić information content (AvgIpc) is 3.23. The number of amides is 4. The van der Waals surface area contributed by atoms with Gasteiger partial charge in [0.25, 0.3) is 17.4 Å². The fourth-order valence-electron chi connectivity index (χ4n) is 4.93. The van der Waals surface area contributed by atoms with Crippen LogP contribution in [-0.2, 0) is 11.2 Å². The minimum Gasteiger partial charge on any atom is -0.352 e. The maximum absolute atomic E-state index is 12.6. The predicted octanol–water partition coefficient (Wildman–Crippen LogP) is 1.51. The zero-order valence-corrected chi connectivity index (χ0v) is 17.9. The molecule has 0 aromatic carbocycles. The van der Waals surface area contributed by atoms with Crippen molar-refractivity contribution in [1.29, 1.82) is 0 Å². The van der Waals surface area contributed by atoms with Crippen LogP contribution in [0.1, 0.15) is 78.8 Å². The number of hydrogen-bond donors (Lipinski definition) is 3. The predicted molar refractivity (Wildman–Crippen MR) is 112 cm³/mol. The molecule has 2 fully saturated rings. The van der Waals surface area contributed by atoms with Gasteiger partial charge in [0, 0.05) is 30.8 Å². The van der Waals surface area contributed by atoms with Crippen LogP contribution in [0.25, 0.3) is 0 Å². The molecular formula is C22H28N4O5. The molecule has 0 unspecified atom stereocenters. The third-order valence-corrected chi connectivity index (χ3v) is 6.51. The molecule has 1 aromatic rings. The van der Waals surface area contributed by atoms with E-state index in [0.29, 0.717) is 43.4 Å². The number of urea groups is 1. The van der Waals surface area contributed by atoms with E-state index in [0.717, 1.165) is 12.8 Å². The van der Waals surface area contributed by atoms with Gasteiger partial charge in [-0.15, -0.1) is 0 Å². The van der Waals surface area contributed by atoms with Gasteiger partial charge in [-0.05, 0) is 37.2 Å². The summed E-state index contributed by atoms with van der Waals surface area (Å²) in [7, 11) is 0. The van der Waals surface area contributed by atoms with Crippen molar-refractivity contribution < 1.29 is 19.2 Å². The van der Waals surface area contributed by atoms with Crippen molar-refractivity contribution in [2.24, 2.45) is 5.41 Å². The quantitative estimate of drug-likeness (QED) is 0.484. The van der Waals surface area contributed by atoms with Crippen LogP contribution in [-0.4, -0.2) is 52.1 Å². The number of nitrogens with zero attached hydrogens (tertiary/aromatic N) is 1. The number of fused-ring (bicyclic) bond motifs is 1. The summed E-state index contributed by atoms with van der Waals surface area (Å²) in [4.78, 5) is 66.0. The molecule has 1 aliphatic heterocycles. The summed E-state index contributed by atoms with van der Waals surface area (Å²) in [6.45, 7) is 4.32. The zero-order valence-electron chi connectivity index (χ0n) is 17.9. The lowest BCUT2D eigenvalue weighted by Crippen LogP contribution is -2.44. The highest BCUT2D eigenvalue weighted by Crippen LogP contribution is 2.35. The number of pyridine rings is 1. The van der Waals surface area contributed by atoms with E-state index >= 15 is 0 Å². The topological polar surface area (TPSA) is 128 Å². The summed E-state index contributed by atoms with van der Waals surface area (Å²) < 4.78 is 0. The van der Waals surface area contributed by atoms with Crippen LogP contribution < -0.4 is 16.2 Å².